The van der Waals surface area contributed by atoms with Gasteiger partial charge in [-0.05, 0) is 62.8 Å². The Balaban J connectivity index is 1.37. The van der Waals surface area contributed by atoms with E-state index in [0.29, 0.717) is 12.8 Å². The zero-order valence-corrected chi connectivity index (χ0v) is 14.4. The van der Waals surface area contributed by atoms with Crippen molar-refractivity contribution in [3.8, 4) is 0 Å². The number of amides is 2. The van der Waals surface area contributed by atoms with Crippen molar-refractivity contribution in [3.63, 3.8) is 0 Å². The third-order valence-corrected chi connectivity index (χ3v) is 5.88. The number of aliphatic hydroxyl groups excluding tert-OH is 1. The summed E-state index contributed by atoms with van der Waals surface area (Å²) in [7, 11) is 0. The molecule has 1 aromatic rings. The minimum Gasteiger partial charge on any atom is -0.393 e. The third-order valence-electron chi connectivity index (χ3n) is 5.88. The fourth-order valence-electron chi connectivity index (χ4n) is 4.71. The number of rotatable bonds is 2. The summed E-state index contributed by atoms with van der Waals surface area (Å²) in [5.74, 6) is -0.228. The molecule has 0 saturated carbocycles. The molecule has 3 fully saturated rings. The number of hydrogen-bond acceptors (Lipinski definition) is 3. The molecule has 25 heavy (non-hydrogen) atoms. The van der Waals surface area contributed by atoms with Crippen molar-refractivity contribution >= 4 is 11.7 Å². The summed E-state index contributed by atoms with van der Waals surface area (Å²) < 4.78 is 13.1. The van der Waals surface area contributed by atoms with Crippen LogP contribution in [0, 0.1) is 5.82 Å². The van der Waals surface area contributed by atoms with Gasteiger partial charge in [-0.2, -0.15) is 0 Å². The maximum absolute atomic E-state index is 13.1. The van der Waals surface area contributed by atoms with E-state index in [4.69, 9.17) is 0 Å². The molecule has 3 saturated heterocycles. The van der Waals surface area contributed by atoms with E-state index in [1.807, 2.05) is 4.90 Å². The molecule has 2 bridgehead atoms. The Bertz CT molecular complexity index is 610. The van der Waals surface area contributed by atoms with Crippen molar-refractivity contribution in [2.24, 2.45) is 0 Å². The molecule has 0 radical (unpaired) electrons. The fraction of sp³-hybridized carbons (Fsp3) is 0.632. The second-order valence-electron chi connectivity index (χ2n) is 7.63. The first kappa shape index (κ1) is 16.6. The molecule has 6 heteroatoms. The average Bonchev–Trinajstić information content (AvgIpc) is 2.87. The van der Waals surface area contributed by atoms with Crippen LogP contribution >= 0.6 is 0 Å². The smallest absolute Gasteiger partial charge is 0.318 e. The van der Waals surface area contributed by atoms with Gasteiger partial charge in [-0.1, -0.05) is 0 Å². The van der Waals surface area contributed by atoms with E-state index in [0.717, 1.165) is 44.5 Å². The predicted octanol–water partition coefficient (Wildman–Crippen LogP) is 2.49. The molecule has 1 aromatic carbocycles. The number of anilines is 1. The zero-order valence-electron chi connectivity index (χ0n) is 14.4. The van der Waals surface area contributed by atoms with Crippen molar-refractivity contribution in [3.05, 3.63) is 30.1 Å². The number of benzene rings is 1. The van der Waals surface area contributed by atoms with Crippen LogP contribution in [0.4, 0.5) is 14.9 Å². The first-order valence-corrected chi connectivity index (χ1v) is 9.37. The van der Waals surface area contributed by atoms with Crippen LogP contribution in [0.3, 0.4) is 0 Å². The molecule has 3 atom stereocenters. The van der Waals surface area contributed by atoms with E-state index in [1.165, 1.54) is 12.1 Å². The van der Waals surface area contributed by atoms with Gasteiger partial charge in [0.1, 0.15) is 5.82 Å². The van der Waals surface area contributed by atoms with Crippen molar-refractivity contribution in [1.29, 1.82) is 0 Å². The minimum atomic E-state index is -0.259. The van der Waals surface area contributed by atoms with Crippen molar-refractivity contribution < 1.29 is 14.3 Å². The summed E-state index contributed by atoms with van der Waals surface area (Å²) in [6.45, 7) is 1.68. The van der Waals surface area contributed by atoms with E-state index in [1.54, 1.807) is 12.1 Å². The summed E-state index contributed by atoms with van der Waals surface area (Å²) >= 11 is 0. The highest BCUT2D eigenvalue weighted by Gasteiger charge is 2.43. The Morgan fingerprint density at radius 2 is 1.80 bits per heavy atom. The summed E-state index contributed by atoms with van der Waals surface area (Å²) in [6.07, 6.45) is 5.13. The number of carbonyl (C=O) groups excluding carboxylic acids is 1. The van der Waals surface area contributed by atoms with Crippen molar-refractivity contribution in [2.75, 3.05) is 18.0 Å². The maximum atomic E-state index is 13.1. The topological polar surface area (TPSA) is 55.8 Å². The van der Waals surface area contributed by atoms with Crippen LogP contribution in [-0.4, -0.2) is 53.4 Å². The lowest BCUT2D eigenvalue weighted by molar-refractivity contribution is 0.0533. The quantitative estimate of drug-likeness (QED) is 0.864. The molecule has 0 aromatic heterocycles. The van der Waals surface area contributed by atoms with Crippen LogP contribution in [-0.2, 0) is 0 Å². The van der Waals surface area contributed by atoms with E-state index in [-0.39, 0.29) is 36.1 Å². The van der Waals surface area contributed by atoms with Crippen LogP contribution in [0.1, 0.15) is 38.5 Å². The zero-order chi connectivity index (χ0) is 17.4. The molecule has 5 nitrogen and oxygen atoms in total. The predicted molar refractivity (Wildman–Crippen MR) is 94.1 cm³/mol. The molecule has 2 amide bonds. The number of aliphatic hydroxyl groups is 1. The Labute approximate surface area is 147 Å². The molecule has 3 aliphatic heterocycles. The lowest BCUT2D eigenvalue weighted by atomic mass is 10.00. The molecule has 0 spiro atoms. The summed E-state index contributed by atoms with van der Waals surface area (Å²) in [5, 5.41) is 13.1. The van der Waals surface area contributed by atoms with Crippen molar-refractivity contribution in [1.82, 2.24) is 10.2 Å². The number of nitrogens with one attached hydrogen (secondary N) is 1. The van der Waals surface area contributed by atoms with E-state index in [9.17, 15) is 14.3 Å². The first-order valence-electron chi connectivity index (χ1n) is 9.37. The molecule has 2 N–H and O–H groups in total. The molecule has 0 aliphatic carbocycles. The average molecular weight is 347 g/mol. The van der Waals surface area contributed by atoms with Crippen LogP contribution in [0.5, 0.6) is 0 Å². The van der Waals surface area contributed by atoms with Gasteiger partial charge in [0.05, 0.1) is 6.10 Å². The lowest BCUT2D eigenvalue weighted by Gasteiger charge is -2.40. The van der Waals surface area contributed by atoms with Crippen LogP contribution in [0.15, 0.2) is 24.3 Å². The highest BCUT2D eigenvalue weighted by atomic mass is 19.1. The molecule has 3 unspecified atom stereocenters. The minimum absolute atomic E-state index is 0.0188. The van der Waals surface area contributed by atoms with Crippen LogP contribution in [0.2, 0.25) is 0 Å². The molecule has 3 aliphatic rings. The Morgan fingerprint density at radius 1 is 1.12 bits per heavy atom. The van der Waals surface area contributed by atoms with Gasteiger partial charge in [-0.3, -0.25) is 0 Å². The number of hydrogen-bond donors (Lipinski definition) is 2. The molecular weight excluding hydrogens is 321 g/mol. The standard InChI is InChI=1S/C19H26FN3O2/c20-13-3-5-15(6-4-13)22-9-1-2-14(12-22)21-19(25)23-16-7-8-17(23)11-18(24)10-16/h3-6,14,16-18,24H,1-2,7-12H2,(H,21,25). The summed E-state index contributed by atoms with van der Waals surface area (Å²) in [4.78, 5) is 17.0. The van der Waals surface area contributed by atoms with E-state index in [2.05, 4.69) is 10.2 Å². The van der Waals surface area contributed by atoms with Gasteiger partial charge in [0.15, 0.2) is 0 Å². The number of urea groups is 1. The number of carbonyl (C=O) groups is 1. The lowest BCUT2D eigenvalue weighted by Crippen LogP contribution is -2.56. The third kappa shape index (κ3) is 3.45. The van der Waals surface area contributed by atoms with Crippen LogP contribution < -0.4 is 10.2 Å². The largest absolute Gasteiger partial charge is 0.393 e. The van der Waals surface area contributed by atoms with Gasteiger partial charge in [-0.15, -0.1) is 0 Å². The normalized spacial score (nSPS) is 31.9. The van der Waals surface area contributed by atoms with Gasteiger partial charge in [0.2, 0.25) is 0 Å². The molecular formula is C19H26FN3O2. The maximum Gasteiger partial charge on any atom is 0.318 e. The second kappa shape index (κ2) is 6.83. The van der Waals surface area contributed by atoms with Gasteiger partial charge >= 0.3 is 6.03 Å². The fourth-order valence-corrected chi connectivity index (χ4v) is 4.71. The monoisotopic (exact) mass is 347 g/mol. The highest BCUT2D eigenvalue weighted by Crippen LogP contribution is 2.35. The molecule has 136 valence electrons. The SMILES string of the molecule is O=C(NC1CCCN(c2ccc(F)cc2)C1)N1C2CCC1CC(O)C2. The summed E-state index contributed by atoms with van der Waals surface area (Å²) in [5.41, 5.74) is 1.00. The highest BCUT2D eigenvalue weighted by molar-refractivity contribution is 5.76. The van der Waals surface area contributed by atoms with E-state index >= 15 is 0 Å². The summed E-state index contributed by atoms with van der Waals surface area (Å²) in [6, 6.07) is 7.05. The number of halogens is 1. The van der Waals surface area contributed by atoms with E-state index < -0.39 is 0 Å². The first-order chi connectivity index (χ1) is 12.1. The Morgan fingerprint density at radius 3 is 2.48 bits per heavy atom. The van der Waals surface area contributed by atoms with Gasteiger partial charge in [0.25, 0.3) is 0 Å². The molecule has 4 rings (SSSR count). The van der Waals surface area contributed by atoms with Gasteiger partial charge in [0, 0.05) is 36.9 Å². The number of piperidine rings is 2. The van der Waals surface area contributed by atoms with Crippen LogP contribution in [0.25, 0.3) is 0 Å². The van der Waals surface area contributed by atoms with Crippen molar-refractivity contribution in [2.45, 2.75) is 62.8 Å². The number of nitrogens with zero attached hydrogens (tertiary/aromatic N) is 2. The Kier molecular flexibility index (Phi) is 4.54. The van der Waals surface area contributed by atoms with Gasteiger partial charge < -0.3 is 20.2 Å². The number of fused-ring (bicyclic) bond motifs is 2. The van der Waals surface area contributed by atoms with Gasteiger partial charge in [-0.25, -0.2) is 9.18 Å². The Hall–Kier alpha value is -1.82. The molecule has 3 heterocycles. The second-order valence-corrected chi connectivity index (χ2v) is 7.63.